The number of hydrogen-bond acceptors (Lipinski definition) is 3. The molecule has 0 aromatic heterocycles. The van der Waals surface area contributed by atoms with E-state index in [9.17, 15) is 0 Å². The minimum Gasteiger partial charge on any atom is -0.454 e. The number of hydrogen-bond donors (Lipinski definition) is 0. The Kier molecular flexibility index (Phi) is 5.54. The molecule has 0 saturated heterocycles. The summed E-state index contributed by atoms with van der Waals surface area (Å²) in [4.78, 5) is 0.223. The molecule has 0 aliphatic carbocycles. The number of rotatable bonds is 6. The molecule has 0 bridgehead atoms. The molecular formula is C14H18Br2O3. The summed E-state index contributed by atoms with van der Waals surface area (Å²) in [7, 11) is 0. The highest BCUT2D eigenvalue weighted by Crippen LogP contribution is 2.41. The van der Waals surface area contributed by atoms with Crippen molar-refractivity contribution in [2.24, 2.45) is 0 Å². The monoisotopic (exact) mass is 392 g/mol. The number of ether oxygens (including phenoxy) is 3. The predicted molar refractivity (Wildman–Crippen MR) is 82.3 cm³/mol. The first-order valence-electron chi connectivity index (χ1n) is 6.48. The number of benzene rings is 1. The zero-order valence-electron chi connectivity index (χ0n) is 11.1. The Hall–Kier alpha value is -0.260. The third kappa shape index (κ3) is 3.64. The van der Waals surface area contributed by atoms with Crippen LogP contribution in [0.3, 0.4) is 0 Å². The van der Waals surface area contributed by atoms with E-state index in [1.54, 1.807) is 0 Å². The van der Waals surface area contributed by atoms with Crippen molar-refractivity contribution in [3.05, 3.63) is 22.2 Å². The van der Waals surface area contributed by atoms with Crippen molar-refractivity contribution in [3.8, 4) is 11.5 Å². The Morgan fingerprint density at radius 1 is 1.32 bits per heavy atom. The summed E-state index contributed by atoms with van der Waals surface area (Å²) in [6.07, 6.45) is 2.19. The molecule has 0 radical (unpaired) electrons. The average molecular weight is 394 g/mol. The van der Waals surface area contributed by atoms with Crippen molar-refractivity contribution < 1.29 is 14.2 Å². The minimum absolute atomic E-state index is 0.00424. The van der Waals surface area contributed by atoms with Gasteiger partial charge in [0.25, 0.3) is 0 Å². The second-order valence-corrected chi connectivity index (χ2v) is 6.85. The van der Waals surface area contributed by atoms with Gasteiger partial charge in [0.2, 0.25) is 6.79 Å². The molecule has 2 rings (SSSR count). The van der Waals surface area contributed by atoms with Gasteiger partial charge in [-0.3, -0.25) is 0 Å². The molecule has 1 aromatic carbocycles. The predicted octanol–water partition coefficient (Wildman–Crippen LogP) is 4.82. The molecule has 1 aromatic rings. The smallest absolute Gasteiger partial charge is 0.231 e. The van der Waals surface area contributed by atoms with E-state index in [0.717, 1.165) is 41.0 Å². The maximum Gasteiger partial charge on any atom is 0.231 e. The third-order valence-electron chi connectivity index (χ3n) is 3.01. The van der Waals surface area contributed by atoms with Crippen LogP contribution in [0.1, 0.15) is 38.4 Å². The quantitative estimate of drug-likeness (QED) is 0.512. The van der Waals surface area contributed by atoms with Gasteiger partial charge >= 0.3 is 0 Å². The van der Waals surface area contributed by atoms with Crippen molar-refractivity contribution in [3.63, 3.8) is 0 Å². The van der Waals surface area contributed by atoms with Gasteiger partial charge in [0.1, 0.15) is 0 Å². The van der Waals surface area contributed by atoms with Gasteiger partial charge in [-0.1, -0.05) is 45.2 Å². The van der Waals surface area contributed by atoms with E-state index in [2.05, 4.69) is 45.7 Å². The first-order chi connectivity index (χ1) is 9.13. The topological polar surface area (TPSA) is 27.7 Å². The van der Waals surface area contributed by atoms with Gasteiger partial charge < -0.3 is 14.2 Å². The summed E-state index contributed by atoms with van der Waals surface area (Å²) in [5.74, 6) is 1.57. The molecule has 0 N–H and O–H groups in total. The maximum atomic E-state index is 6.00. The Balaban J connectivity index is 2.21. The SMILES string of the molecule is CCCCO[C@@H](c1cc2c(cc1Br)OCO2)[C@@H](C)Br. The number of fused-ring (bicyclic) bond motifs is 1. The third-order valence-corrected chi connectivity index (χ3v) is 4.18. The van der Waals surface area contributed by atoms with E-state index in [4.69, 9.17) is 14.2 Å². The molecular weight excluding hydrogens is 376 g/mol. The van der Waals surface area contributed by atoms with Gasteiger partial charge in [-0.25, -0.2) is 0 Å². The second-order valence-electron chi connectivity index (χ2n) is 4.55. The summed E-state index contributed by atoms with van der Waals surface area (Å²) in [5.41, 5.74) is 1.09. The molecule has 106 valence electrons. The van der Waals surface area contributed by atoms with Gasteiger partial charge in [-0.15, -0.1) is 0 Å². The van der Waals surface area contributed by atoms with E-state index in [1.165, 1.54) is 0 Å². The van der Waals surface area contributed by atoms with Gasteiger partial charge in [-0.2, -0.15) is 0 Å². The fraction of sp³-hybridized carbons (Fsp3) is 0.571. The van der Waals surface area contributed by atoms with Crippen LogP contribution in [0, 0.1) is 0 Å². The summed E-state index contributed by atoms with van der Waals surface area (Å²) in [5, 5.41) is 0. The Bertz CT molecular complexity index is 435. The van der Waals surface area contributed by atoms with E-state index >= 15 is 0 Å². The number of halogens is 2. The van der Waals surface area contributed by atoms with Crippen LogP contribution in [-0.4, -0.2) is 18.2 Å². The average Bonchev–Trinajstić information content (AvgIpc) is 2.80. The van der Waals surface area contributed by atoms with Crippen LogP contribution in [0.15, 0.2) is 16.6 Å². The van der Waals surface area contributed by atoms with Crippen molar-refractivity contribution in [1.29, 1.82) is 0 Å². The molecule has 1 heterocycles. The zero-order valence-corrected chi connectivity index (χ0v) is 14.3. The first-order valence-corrected chi connectivity index (χ1v) is 8.19. The molecule has 19 heavy (non-hydrogen) atoms. The summed E-state index contributed by atoms with van der Waals surface area (Å²) >= 11 is 7.22. The summed E-state index contributed by atoms with van der Waals surface area (Å²) in [6, 6.07) is 3.95. The standard InChI is InChI=1S/C14H18Br2O3/c1-3-4-5-17-14(9(2)15)10-6-12-13(7-11(10)16)19-8-18-12/h6-7,9,14H,3-5,8H2,1-2H3/t9-,14-/m1/s1. The van der Waals surface area contributed by atoms with Gasteiger partial charge in [0, 0.05) is 21.5 Å². The maximum absolute atomic E-state index is 6.00. The number of alkyl halides is 1. The van der Waals surface area contributed by atoms with E-state index < -0.39 is 0 Å². The van der Waals surface area contributed by atoms with Crippen LogP contribution in [0.25, 0.3) is 0 Å². The summed E-state index contributed by atoms with van der Waals surface area (Å²) < 4.78 is 17.8. The van der Waals surface area contributed by atoms with Gasteiger partial charge in [0.05, 0.1) is 6.10 Å². The van der Waals surface area contributed by atoms with E-state index in [-0.39, 0.29) is 17.7 Å². The highest BCUT2D eigenvalue weighted by atomic mass is 79.9. The van der Waals surface area contributed by atoms with Crippen molar-refractivity contribution in [2.75, 3.05) is 13.4 Å². The molecule has 0 amide bonds. The normalized spacial score (nSPS) is 16.4. The fourth-order valence-electron chi connectivity index (χ4n) is 1.98. The molecule has 1 aliphatic rings. The van der Waals surface area contributed by atoms with E-state index in [0.29, 0.717) is 0 Å². The molecule has 0 unspecified atom stereocenters. The Morgan fingerprint density at radius 3 is 2.63 bits per heavy atom. The Morgan fingerprint density at radius 2 is 2.00 bits per heavy atom. The highest BCUT2D eigenvalue weighted by molar-refractivity contribution is 9.10. The van der Waals surface area contributed by atoms with E-state index in [1.807, 2.05) is 12.1 Å². The number of unbranched alkanes of at least 4 members (excludes halogenated alkanes) is 1. The lowest BCUT2D eigenvalue weighted by atomic mass is 10.1. The molecule has 0 fully saturated rings. The Labute approximate surface area is 130 Å². The largest absolute Gasteiger partial charge is 0.454 e. The van der Waals surface area contributed by atoms with Crippen LogP contribution in [0.4, 0.5) is 0 Å². The van der Waals surface area contributed by atoms with Gasteiger partial charge in [-0.05, 0) is 25.5 Å². The molecule has 3 nitrogen and oxygen atoms in total. The lowest BCUT2D eigenvalue weighted by Gasteiger charge is -2.22. The molecule has 2 atom stereocenters. The van der Waals surface area contributed by atoms with Crippen LogP contribution in [-0.2, 0) is 4.74 Å². The van der Waals surface area contributed by atoms with Crippen LogP contribution in [0.2, 0.25) is 0 Å². The van der Waals surface area contributed by atoms with Gasteiger partial charge in [0.15, 0.2) is 11.5 Å². The van der Waals surface area contributed by atoms with Crippen molar-refractivity contribution in [2.45, 2.75) is 37.6 Å². The van der Waals surface area contributed by atoms with Crippen LogP contribution in [0.5, 0.6) is 11.5 Å². The zero-order chi connectivity index (χ0) is 13.8. The second kappa shape index (κ2) is 6.95. The minimum atomic E-state index is -0.00424. The molecule has 0 saturated carbocycles. The molecule has 0 spiro atoms. The van der Waals surface area contributed by atoms with Crippen molar-refractivity contribution >= 4 is 31.9 Å². The first kappa shape index (κ1) is 15.1. The van der Waals surface area contributed by atoms with Crippen molar-refractivity contribution in [1.82, 2.24) is 0 Å². The fourth-order valence-corrected chi connectivity index (χ4v) is 2.96. The lowest BCUT2D eigenvalue weighted by Crippen LogP contribution is -2.14. The lowest BCUT2D eigenvalue weighted by molar-refractivity contribution is 0.0525. The van der Waals surface area contributed by atoms with Crippen LogP contribution < -0.4 is 9.47 Å². The molecule has 5 heteroatoms. The van der Waals surface area contributed by atoms with Crippen LogP contribution >= 0.6 is 31.9 Å². The summed E-state index contributed by atoms with van der Waals surface area (Å²) in [6.45, 7) is 5.30. The molecule has 1 aliphatic heterocycles. The highest BCUT2D eigenvalue weighted by Gasteiger charge is 2.24.